The molecule has 3 nitrogen and oxygen atoms in total. The number of hydrogen-bond acceptors (Lipinski definition) is 2. The van der Waals surface area contributed by atoms with E-state index in [1.165, 1.54) is 32.1 Å². The van der Waals surface area contributed by atoms with Crippen LogP contribution < -0.4 is 5.32 Å². The van der Waals surface area contributed by atoms with Crippen LogP contribution in [0.25, 0.3) is 0 Å². The fourth-order valence-electron chi connectivity index (χ4n) is 3.25. The summed E-state index contributed by atoms with van der Waals surface area (Å²) in [5.41, 5.74) is 0.415. The van der Waals surface area contributed by atoms with Crippen LogP contribution in [-0.2, 0) is 4.79 Å². The maximum absolute atomic E-state index is 12.2. The molecule has 4 heteroatoms. The Bertz CT molecular complexity index is 273. The molecule has 106 valence electrons. The van der Waals surface area contributed by atoms with Crippen molar-refractivity contribution in [2.24, 2.45) is 5.41 Å². The smallest absolute Gasteiger partial charge is 0.224 e. The van der Waals surface area contributed by atoms with Crippen molar-refractivity contribution in [2.75, 3.05) is 19.6 Å². The lowest BCUT2D eigenvalue weighted by Gasteiger charge is -2.26. The second-order valence-corrected chi connectivity index (χ2v) is 5.77. The molecule has 0 aromatic heterocycles. The van der Waals surface area contributed by atoms with Gasteiger partial charge in [0.15, 0.2) is 0 Å². The van der Waals surface area contributed by atoms with E-state index in [1.807, 2.05) is 0 Å². The Morgan fingerprint density at radius 1 is 1.39 bits per heavy atom. The van der Waals surface area contributed by atoms with E-state index in [-0.39, 0.29) is 12.4 Å². The molecule has 0 aromatic rings. The Labute approximate surface area is 117 Å². The summed E-state index contributed by atoms with van der Waals surface area (Å²) in [5.74, 6) is 0.369. The van der Waals surface area contributed by atoms with Gasteiger partial charge in [0.2, 0.25) is 5.91 Å². The number of likely N-dealkylation sites (tertiary alicyclic amines) is 1. The van der Waals surface area contributed by atoms with E-state index in [9.17, 15) is 4.79 Å². The van der Waals surface area contributed by atoms with Crippen LogP contribution in [0.3, 0.4) is 0 Å². The highest BCUT2D eigenvalue weighted by molar-refractivity contribution is 5.85. The van der Waals surface area contributed by atoms with E-state index < -0.39 is 0 Å². The van der Waals surface area contributed by atoms with Crippen molar-refractivity contribution in [3.63, 3.8) is 0 Å². The summed E-state index contributed by atoms with van der Waals surface area (Å²) >= 11 is 0. The average molecular weight is 275 g/mol. The van der Waals surface area contributed by atoms with Crippen LogP contribution in [0.1, 0.15) is 52.4 Å². The van der Waals surface area contributed by atoms with Crippen molar-refractivity contribution in [1.82, 2.24) is 10.2 Å². The van der Waals surface area contributed by atoms with Gasteiger partial charge in [0.25, 0.3) is 0 Å². The number of carbonyl (C=O) groups is 1. The Hall–Kier alpha value is -0.280. The van der Waals surface area contributed by atoms with Gasteiger partial charge in [-0.15, -0.1) is 12.4 Å². The summed E-state index contributed by atoms with van der Waals surface area (Å²) in [6.07, 6.45) is 6.72. The molecule has 0 saturated carbocycles. The summed E-state index contributed by atoms with van der Waals surface area (Å²) in [7, 11) is 0. The third-order valence-corrected chi connectivity index (χ3v) is 4.87. The van der Waals surface area contributed by atoms with Crippen molar-refractivity contribution in [3.8, 4) is 0 Å². The molecular formula is C14H27ClN2O. The van der Waals surface area contributed by atoms with Crippen LogP contribution in [0, 0.1) is 5.41 Å². The van der Waals surface area contributed by atoms with Crippen molar-refractivity contribution < 1.29 is 4.79 Å². The zero-order valence-corrected chi connectivity index (χ0v) is 12.5. The van der Waals surface area contributed by atoms with Crippen molar-refractivity contribution in [1.29, 1.82) is 0 Å². The molecule has 2 rings (SSSR count). The van der Waals surface area contributed by atoms with Gasteiger partial charge in [-0.25, -0.2) is 0 Å². The Morgan fingerprint density at radius 3 is 2.61 bits per heavy atom. The van der Waals surface area contributed by atoms with E-state index >= 15 is 0 Å². The van der Waals surface area contributed by atoms with Crippen LogP contribution in [0.2, 0.25) is 0 Å². The van der Waals surface area contributed by atoms with E-state index in [0.29, 0.717) is 23.8 Å². The first-order valence-electron chi connectivity index (χ1n) is 7.20. The largest absolute Gasteiger partial charge is 0.342 e. The number of carbonyl (C=O) groups excluding carboxylic acids is 1. The summed E-state index contributed by atoms with van der Waals surface area (Å²) < 4.78 is 0. The molecule has 0 radical (unpaired) electrons. The Balaban J connectivity index is 0.00000162. The highest BCUT2D eigenvalue weighted by Crippen LogP contribution is 2.37. The SMILES string of the molecule is CCC1(CC)CCN(C(=O)CC2CCCN2)C1.Cl. The highest BCUT2D eigenvalue weighted by Gasteiger charge is 2.37. The van der Waals surface area contributed by atoms with Gasteiger partial charge >= 0.3 is 0 Å². The predicted molar refractivity (Wildman–Crippen MR) is 77.1 cm³/mol. The van der Waals surface area contributed by atoms with Crippen LogP contribution in [-0.4, -0.2) is 36.5 Å². The first-order chi connectivity index (χ1) is 8.19. The Morgan fingerprint density at radius 2 is 2.11 bits per heavy atom. The molecule has 1 N–H and O–H groups in total. The minimum Gasteiger partial charge on any atom is -0.342 e. The number of hydrogen-bond donors (Lipinski definition) is 1. The minimum atomic E-state index is 0. The van der Waals surface area contributed by atoms with Gasteiger partial charge in [0, 0.05) is 25.6 Å². The monoisotopic (exact) mass is 274 g/mol. The van der Waals surface area contributed by atoms with Gasteiger partial charge in [-0.1, -0.05) is 13.8 Å². The number of nitrogens with one attached hydrogen (secondary N) is 1. The summed E-state index contributed by atoms with van der Waals surface area (Å²) in [6, 6.07) is 0.445. The van der Waals surface area contributed by atoms with Crippen molar-refractivity contribution in [3.05, 3.63) is 0 Å². The molecule has 2 saturated heterocycles. The topological polar surface area (TPSA) is 32.3 Å². The summed E-state index contributed by atoms with van der Waals surface area (Å²) in [4.78, 5) is 14.3. The standard InChI is InChI=1S/C14H26N2O.ClH/c1-3-14(4-2)7-9-16(11-14)13(17)10-12-6-5-8-15-12;/h12,15H,3-11H2,1-2H3;1H. The molecular weight excluding hydrogens is 248 g/mol. The fraction of sp³-hybridized carbons (Fsp3) is 0.929. The predicted octanol–water partition coefficient (Wildman–Crippen LogP) is 2.59. The lowest BCUT2D eigenvalue weighted by atomic mass is 9.82. The Kier molecular flexibility index (Phi) is 5.93. The van der Waals surface area contributed by atoms with E-state index in [0.717, 1.165) is 19.6 Å². The number of rotatable bonds is 4. The van der Waals surface area contributed by atoms with Gasteiger partial charge in [-0.05, 0) is 44.1 Å². The number of halogens is 1. The molecule has 1 atom stereocenters. The maximum Gasteiger partial charge on any atom is 0.224 e. The molecule has 18 heavy (non-hydrogen) atoms. The highest BCUT2D eigenvalue weighted by atomic mass is 35.5. The fourth-order valence-corrected chi connectivity index (χ4v) is 3.25. The normalized spacial score (nSPS) is 26.1. The molecule has 0 bridgehead atoms. The van der Waals surface area contributed by atoms with Gasteiger partial charge < -0.3 is 10.2 Å². The second-order valence-electron chi connectivity index (χ2n) is 5.77. The van der Waals surface area contributed by atoms with Gasteiger partial charge in [-0.3, -0.25) is 4.79 Å². The van der Waals surface area contributed by atoms with Gasteiger partial charge in [0.1, 0.15) is 0 Å². The zero-order valence-electron chi connectivity index (χ0n) is 11.7. The minimum absolute atomic E-state index is 0. The first-order valence-corrected chi connectivity index (χ1v) is 7.20. The second kappa shape index (κ2) is 6.76. The molecule has 2 aliphatic heterocycles. The lowest BCUT2D eigenvalue weighted by molar-refractivity contribution is -0.131. The molecule has 2 aliphatic rings. The third-order valence-electron chi connectivity index (χ3n) is 4.87. The first kappa shape index (κ1) is 15.8. The molecule has 0 aliphatic carbocycles. The quantitative estimate of drug-likeness (QED) is 0.855. The van der Waals surface area contributed by atoms with E-state index in [2.05, 4.69) is 24.1 Å². The maximum atomic E-state index is 12.2. The van der Waals surface area contributed by atoms with Gasteiger partial charge in [-0.2, -0.15) is 0 Å². The third kappa shape index (κ3) is 3.39. The zero-order chi connectivity index (χ0) is 12.3. The molecule has 0 aromatic carbocycles. The van der Waals surface area contributed by atoms with Crippen LogP contribution in [0.15, 0.2) is 0 Å². The average Bonchev–Trinajstić information content (AvgIpc) is 2.97. The van der Waals surface area contributed by atoms with Crippen molar-refractivity contribution >= 4 is 18.3 Å². The molecule has 2 heterocycles. The van der Waals surface area contributed by atoms with Crippen LogP contribution in [0.4, 0.5) is 0 Å². The number of nitrogens with zero attached hydrogens (tertiary/aromatic N) is 1. The van der Waals surface area contributed by atoms with E-state index in [1.54, 1.807) is 0 Å². The molecule has 0 spiro atoms. The molecule has 2 fully saturated rings. The summed E-state index contributed by atoms with van der Waals surface area (Å²) in [5, 5.41) is 3.41. The van der Waals surface area contributed by atoms with Crippen molar-refractivity contribution in [2.45, 2.75) is 58.4 Å². The van der Waals surface area contributed by atoms with Crippen LogP contribution >= 0.6 is 12.4 Å². The van der Waals surface area contributed by atoms with E-state index in [4.69, 9.17) is 0 Å². The lowest BCUT2D eigenvalue weighted by Crippen LogP contribution is -2.36. The van der Waals surface area contributed by atoms with Gasteiger partial charge in [0.05, 0.1) is 0 Å². The number of amides is 1. The summed E-state index contributed by atoms with van der Waals surface area (Å²) in [6.45, 7) is 7.58. The molecule has 1 unspecified atom stereocenters. The molecule has 1 amide bonds. The van der Waals surface area contributed by atoms with Crippen LogP contribution in [0.5, 0.6) is 0 Å².